The molecule has 0 saturated carbocycles. The van der Waals surface area contributed by atoms with Gasteiger partial charge in [0.25, 0.3) is 5.91 Å². The van der Waals surface area contributed by atoms with Crippen LogP contribution in [0.1, 0.15) is 17.3 Å². The molecule has 90 valence electrons. The normalized spacial score (nSPS) is 10.5. The molecule has 1 N–H and O–H groups in total. The second-order valence-electron chi connectivity index (χ2n) is 3.16. The van der Waals surface area contributed by atoms with E-state index in [2.05, 4.69) is 20.6 Å². The third kappa shape index (κ3) is 3.04. The second-order valence-corrected chi connectivity index (χ2v) is 5.65. The minimum absolute atomic E-state index is 0.220. The summed E-state index contributed by atoms with van der Waals surface area (Å²) < 4.78 is 2.43. The van der Waals surface area contributed by atoms with Gasteiger partial charge in [0, 0.05) is 13.2 Å². The Bertz CT molecular complexity index is 521. The van der Waals surface area contributed by atoms with Crippen LogP contribution in [0.15, 0.2) is 16.7 Å². The molecule has 8 heteroatoms. The molecule has 17 heavy (non-hydrogen) atoms. The molecule has 0 saturated heterocycles. The Labute approximate surface area is 106 Å². The number of hydrogen-bond donors (Lipinski definition) is 1. The molecule has 0 aliphatic rings. The average molecular weight is 269 g/mol. The summed E-state index contributed by atoms with van der Waals surface area (Å²) in [5.41, 5.74) is 0.507. The summed E-state index contributed by atoms with van der Waals surface area (Å²) in [5.74, 6) is 0.716. The van der Waals surface area contributed by atoms with Gasteiger partial charge in [-0.15, -0.1) is 10.2 Å². The van der Waals surface area contributed by atoms with Gasteiger partial charge in [0.05, 0.1) is 11.8 Å². The lowest BCUT2D eigenvalue weighted by Crippen LogP contribution is -2.10. The maximum Gasteiger partial charge on any atom is 0.260 e. The molecule has 2 heterocycles. The minimum Gasteiger partial charge on any atom is -0.296 e. The van der Waals surface area contributed by atoms with Gasteiger partial charge in [0.1, 0.15) is 0 Å². The lowest BCUT2D eigenvalue weighted by Gasteiger charge is -1.96. The summed E-state index contributed by atoms with van der Waals surface area (Å²) >= 11 is 2.97. The van der Waals surface area contributed by atoms with Gasteiger partial charge in [-0.05, 0) is 5.75 Å². The number of carbonyl (C=O) groups is 1. The van der Waals surface area contributed by atoms with Crippen molar-refractivity contribution in [3.05, 3.63) is 18.0 Å². The fourth-order valence-corrected chi connectivity index (χ4v) is 2.79. The maximum absolute atomic E-state index is 11.8. The predicted octanol–water partition coefficient (Wildman–Crippen LogP) is 1.64. The van der Waals surface area contributed by atoms with Gasteiger partial charge in [-0.3, -0.25) is 14.8 Å². The molecular weight excluding hydrogens is 258 g/mol. The van der Waals surface area contributed by atoms with Gasteiger partial charge in [-0.25, -0.2) is 0 Å². The number of aryl methyl sites for hydroxylation is 1. The molecule has 0 aliphatic heterocycles. The molecule has 2 rings (SSSR count). The average Bonchev–Trinajstić information content (AvgIpc) is 2.88. The van der Waals surface area contributed by atoms with E-state index in [0.717, 1.165) is 10.1 Å². The first kappa shape index (κ1) is 12.1. The van der Waals surface area contributed by atoms with E-state index >= 15 is 0 Å². The molecule has 6 nitrogen and oxygen atoms in total. The molecule has 0 spiro atoms. The van der Waals surface area contributed by atoms with Crippen LogP contribution in [0.5, 0.6) is 0 Å². The molecule has 0 unspecified atom stereocenters. The Morgan fingerprint density at radius 3 is 3.06 bits per heavy atom. The van der Waals surface area contributed by atoms with Crippen LogP contribution in [0.25, 0.3) is 0 Å². The lowest BCUT2D eigenvalue weighted by molar-refractivity contribution is 0.102. The van der Waals surface area contributed by atoms with Crippen LogP contribution in [0, 0.1) is 0 Å². The molecule has 2 aromatic rings. The second kappa shape index (κ2) is 5.28. The highest BCUT2D eigenvalue weighted by molar-refractivity contribution is 8.01. The van der Waals surface area contributed by atoms with Crippen LogP contribution in [-0.4, -0.2) is 31.6 Å². The van der Waals surface area contributed by atoms with E-state index in [1.807, 2.05) is 6.92 Å². The van der Waals surface area contributed by atoms with Gasteiger partial charge in [-0.2, -0.15) is 5.10 Å². The van der Waals surface area contributed by atoms with Crippen molar-refractivity contribution in [1.29, 1.82) is 0 Å². The van der Waals surface area contributed by atoms with Crippen molar-refractivity contribution >= 4 is 34.1 Å². The number of thioether (sulfide) groups is 1. The number of carbonyl (C=O) groups excluding carboxylic acids is 1. The smallest absolute Gasteiger partial charge is 0.260 e. The molecule has 0 atom stereocenters. The van der Waals surface area contributed by atoms with E-state index in [0.29, 0.717) is 10.7 Å². The van der Waals surface area contributed by atoms with Crippen molar-refractivity contribution < 1.29 is 4.79 Å². The van der Waals surface area contributed by atoms with E-state index in [4.69, 9.17) is 0 Å². The zero-order valence-corrected chi connectivity index (χ0v) is 11.0. The quantitative estimate of drug-likeness (QED) is 0.674. The number of anilines is 1. The molecule has 0 aromatic carbocycles. The van der Waals surface area contributed by atoms with Gasteiger partial charge >= 0.3 is 0 Å². The monoisotopic (exact) mass is 269 g/mol. The van der Waals surface area contributed by atoms with E-state index < -0.39 is 0 Å². The number of aromatic nitrogens is 4. The van der Waals surface area contributed by atoms with Crippen LogP contribution < -0.4 is 5.32 Å². The van der Waals surface area contributed by atoms with Gasteiger partial charge < -0.3 is 0 Å². The fourth-order valence-electron chi connectivity index (χ4n) is 1.15. The van der Waals surface area contributed by atoms with E-state index in [-0.39, 0.29) is 5.91 Å². The Morgan fingerprint density at radius 1 is 1.59 bits per heavy atom. The lowest BCUT2D eigenvalue weighted by atomic mass is 10.3. The van der Waals surface area contributed by atoms with E-state index in [1.54, 1.807) is 29.7 Å². The third-order valence-electron chi connectivity index (χ3n) is 1.86. The Morgan fingerprint density at radius 2 is 2.41 bits per heavy atom. The summed E-state index contributed by atoms with van der Waals surface area (Å²) in [6.07, 6.45) is 3.16. The first-order chi connectivity index (χ1) is 8.19. The van der Waals surface area contributed by atoms with E-state index in [9.17, 15) is 4.79 Å². The van der Waals surface area contributed by atoms with Crippen LogP contribution in [0.2, 0.25) is 0 Å². The van der Waals surface area contributed by atoms with Crippen molar-refractivity contribution in [2.75, 3.05) is 11.1 Å². The van der Waals surface area contributed by atoms with Crippen molar-refractivity contribution in [2.24, 2.45) is 7.05 Å². The summed E-state index contributed by atoms with van der Waals surface area (Å²) in [5, 5.41) is 15.0. The molecule has 0 bridgehead atoms. The number of amides is 1. The van der Waals surface area contributed by atoms with Gasteiger partial charge in [0.2, 0.25) is 5.13 Å². The zero-order chi connectivity index (χ0) is 12.3. The number of nitrogens with zero attached hydrogens (tertiary/aromatic N) is 4. The van der Waals surface area contributed by atoms with Crippen molar-refractivity contribution in [1.82, 2.24) is 20.0 Å². The highest BCUT2D eigenvalue weighted by Crippen LogP contribution is 2.25. The van der Waals surface area contributed by atoms with Crippen LogP contribution in [0.3, 0.4) is 0 Å². The SMILES string of the molecule is CCSc1nnc(NC(=O)c2cnn(C)c2)s1. The summed E-state index contributed by atoms with van der Waals surface area (Å²) in [7, 11) is 1.76. The number of hydrogen-bond acceptors (Lipinski definition) is 6. The topological polar surface area (TPSA) is 72.7 Å². The Balaban J connectivity index is 2.02. The van der Waals surface area contributed by atoms with Gasteiger partial charge in [-0.1, -0.05) is 30.0 Å². The third-order valence-corrected chi connectivity index (χ3v) is 3.72. The van der Waals surface area contributed by atoms with Crippen molar-refractivity contribution in [2.45, 2.75) is 11.3 Å². The van der Waals surface area contributed by atoms with Crippen LogP contribution in [-0.2, 0) is 7.05 Å². The highest BCUT2D eigenvalue weighted by Gasteiger charge is 2.11. The first-order valence-corrected chi connectivity index (χ1v) is 6.75. The summed E-state index contributed by atoms with van der Waals surface area (Å²) in [6.45, 7) is 2.04. The Hall–Kier alpha value is -1.41. The zero-order valence-electron chi connectivity index (χ0n) is 9.38. The largest absolute Gasteiger partial charge is 0.296 e. The van der Waals surface area contributed by atoms with Gasteiger partial charge in [0.15, 0.2) is 4.34 Å². The maximum atomic E-state index is 11.8. The standard InChI is InChI=1S/C9H11N5OS2/c1-3-16-9-13-12-8(17-9)11-7(15)6-4-10-14(2)5-6/h4-5H,3H2,1-2H3,(H,11,12,15). The van der Waals surface area contributed by atoms with Crippen molar-refractivity contribution in [3.8, 4) is 0 Å². The molecule has 0 fully saturated rings. The molecule has 2 aromatic heterocycles. The predicted molar refractivity (Wildman–Crippen MR) is 67.5 cm³/mol. The fraction of sp³-hybridized carbons (Fsp3) is 0.333. The molecule has 0 radical (unpaired) electrons. The number of nitrogens with one attached hydrogen (secondary N) is 1. The Kier molecular flexibility index (Phi) is 3.75. The minimum atomic E-state index is -0.220. The summed E-state index contributed by atoms with van der Waals surface area (Å²) in [4.78, 5) is 11.8. The molecular formula is C9H11N5OS2. The van der Waals surface area contributed by atoms with Crippen LogP contribution >= 0.6 is 23.1 Å². The van der Waals surface area contributed by atoms with Crippen LogP contribution in [0.4, 0.5) is 5.13 Å². The van der Waals surface area contributed by atoms with E-state index in [1.165, 1.54) is 17.5 Å². The van der Waals surface area contributed by atoms with Crippen molar-refractivity contribution in [3.63, 3.8) is 0 Å². The number of rotatable bonds is 4. The summed E-state index contributed by atoms with van der Waals surface area (Å²) in [6, 6.07) is 0. The first-order valence-electron chi connectivity index (χ1n) is 4.95. The highest BCUT2D eigenvalue weighted by atomic mass is 32.2. The molecule has 0 aliphatic carbocycles. The molecule has 1 amide bonds.